The van der Waals surface area contributed by atoms with Gasteiger partial charge in [-0.25, -0.2) is 4.98 Å². The highest BCUT2D eigenvalue weighted by Gasteiger charge is 2.15. The van der Waals surface area contributed by atoms with E-state index < -0.39 is 0 Å². The van der Waals surface area contributed by atoms with Crippen LogP contribution in [0.15, 0.2) is 82.5 Å². The lowest BCUT2D eigenvalue weighted by atomic mass is 10.0. The summed E-state index contributed by atoms with van der Waals surface area (Å²) in [7, 11) is 0. The third-order valence-electron chi connectivity index (χ3n) is 4.61. The zero-order valence-electron chi connectivity index (χ0n) is 15.5. The molecule has 5 heteroatoms. The summed E-state index contributed by atoms with van der Waals surface area (Å²) in [6.07, 6.45) is 0. The molecule has 1 atom stereocenters. The molecule has 3 aromatic carbocycles. The fourth-order valence-electron chi connectivity index (χ4n) is 3.08. The van der Waals surface area contributed by atoms with E-state index >= 15 is 0 Å². The molecule has 1 amide bonds. The van der Waals surface area contributed by atoms with Gasteiger partial charge < -0.3 is 5.32 Å². The maximum absolute atomic E-state index is 12.9. The van der Waals surface area contributed by atoms with Crippen LogP contribution >= 0.6 is 23.1 Å². The molecule has 3 nitrogen and oxygen atoms in total. The number of nitrogens with zero attached hydrogens (tertiary/aromatic N) is 1. The molecule has 1 unspecified atom stereocenters. The van der Waals surface area contributed by atoms with Crippen molar-refractivity contribution in [2.24, 2.45) is 0 Å². The molecule has 0 aliphatic heterocycles. The number of thiazole rings is 1. The van der Waals surface area contributed by atoms with E-state index in [9.17, 15) is 4.79 Å². The highest BCUT2D eigenvalue weighted by molar-refractivity contribution is 7.98. The lowest BCUT2D eigenvalue weighted by Crippen LogP contribution is -2.27. The van der Waals surface area contributed by atoms with E-state index in [1.807, 2.05) is 54.2 Å². The maximum atomic E-state index is 12.9. The molecule has 1 aromatic heterocycles. The molecule has 1 N–H and O–H groups in total. The number of carbonyl (C=O) groups is 1. The van der Waals surface area contributed by atoms with Gasteiger partial charge in [0.05, 0.1) is 22.8 Å². The molecule has 0 aliphatic carbocycles. The largest absolute Gasteiger partial charge is 0.345 e. The molecule has 0 fully saturated rings. The number of amides is 1. The second-order valence-corrected chi connectivity index (χ2v) is 8.30. The Morgan fingerprint density at radius 2 is 1.86 bits per heavy atom. The molecule has 0 aliphatic rings. The molecule has 28 heavy (non-hydrogen) atoms. The first kappa shape index (κ1) is 18.7. The highest BCUT2D eigenvalue weighted by Crippen LogP contribution is 2.27. The standard InChI is InChI=1S/C23H20N2OS2/c1-16(18-11-10-17-6-2-3-7-19(17)12-18)25-23(26)21-8-4-5-9-22(21)28-14-20-13-27-15-24-20/h2-13,15-16H,14H2,1H3,(H,25,26). The average molecular weight is 405 g/mol. The molecule has 140 valence electrons. The molecule has 4 rings (SSSR count). The zero-order valence-corrected chi connectivity index (χ0v) is 17.1. The number of carbonyl (C=O) groups excluding carboxylic acids is 1. The molecular weight excluding hydrogens is 384 g/mol. The van der Waals surface area contributed by atoms with Crippen molar-refractivity contribution in [3.8, 4) is 0 Å². The first-order valence-corrected chi connectivity index (χ1v) is 11.0. The smallest absolute Gasteiger partial charge is 0.252 e. The monoisotopic (exact) mass is 404 g/mol. The summed E-state index contributed by atoms with van der Waals surface area (Å²) >= 11 is 3.23. The second-order valence-electron chi connectivity index (χ2n) is 6.57. The van der Waals surface area contributed by atoms with Crippen LogP contribution in [-0.2, 0) is 5.75 Å². The topological polar surface area (TPSA) is 42.0 Å². The predicted molar refractivity (Wildman–Crippen MR) is 118 cm³/mol. The van der Waals surface area contributed by atoms with Gasteiger partial charge in [0.15, 0.2) is 0 Å². The fraction of sp³-hybridized carbons (Fsp3) is 0.130. The van der Waals surface area contributed by atoms with E-state index in [1.165, 1.54) is 10.8 Å². The summed E-state index contributed by atoms with van der Waals surface area (Å²) < 4.78 is 0. The molecule has 0 spiro atoms. The van der Waals surface area contributed by atoms with E-state index in [4.69, 9.17) is 0 Å². The lowest BCUT2D eigenvalue weighted by Gasteiger charge is -2.16. The third-order valence-corrected chi connectivity index (χ3v) is 6.35. The molecule has 0 bridgehead atoms. The Balaban J connectivity index is 1.49. The number of nitrogens with one attached hydrogen (secondary N) is 1. The quantitative estimate of drug-likeness (QED) is 0.396. The minimum atomic E-state index is -0.0753. The Bertz CT molecular complexity index is 1090. The van der Waals surface area contributed by atoms with E-state index in [-0.39, 0.29) is 11.9 Å². The Morgan fingerprint density at radius 1 is 1.07 bits per heavy atom. The number of benzene rings is 3. The van der Waals surface area contributed by atoms with Gasteiger partial charge in [-0.15, -0.1) is 23.1 Å². The van der Waals surface area contributed by atoms with E-state index in [0.29, 0.717) is 5.56 Å². The van der Waals surface area contributed by atoms with Crippen molar-refractivity contribution >= 4 is 39.8 Å². The van der Waals surface area contributed by atoms with Crippen molar-refractivity contribution in [3.63, 3.8) is 0 Å². The van der Waals surface area contributed by atoms with Crippen LogP contribution in [-0.4, -0.2) is 10.9 Å². The molecule has 0 radical (unpaired) electrons. The van der Waals surface area contributed by atoms with E-state index in [1.54, 1.807) is 23.1 Å². The van der Waals surface area contributed by atoms with Gasteiger partial charge in [-0.2, -0.15) is 0 Å². The normalized spacial score (nSPS) is 12.0. The fourth-order valence-corrected chi connectivity index (χ4v) is 4.69. The summed E-state index contributed by atoms with van der Waals surface area (Å²) in [5.41, 5.74) is 4.67. The number of rotatable bonds is 6. The predicted octanol–water partition coefficient (Wildman–Crippen LogP) is 6.08. The van der Waals surface area contributed by atoms with Gasteiger partial charge in [0.25, 0.3) is 5.91 Å². The van der Waals surface area contributed by atoms with E-state index in [0.717, 1.165) is 21.9 Å². The van der Waals surface area contributed by atoms with Crippen molar-refractivity contribution in [3.05, 3.63) is 94.4 Å². The Morgan fingerprint density at radius 3 is 2.68 bits per heavy atom. The number of thioether (sulfide) groups is 1. The summed E-state index contributed by atoms with van der Waals surface area (Å²) in [4.78, 5) is 18.2. The zero-order chi connectivity index (χ0) is 19.3. The van der Waals surface area contributed by atoms with Crippen molar-refractivity contribution in [2.45, 2.75) is 23.6 Å². The van der Waals surface area contributed by atoms with Crippen molar-refractivity contribution in [1.29, 1.82) is 0 Å². The van der Waals surface area contributed by atoms with Gasteiger partial charge in [-0.05, 0) is 41.5 Å². The van der Waals surface area contributed by atoms with Crippen molar-refractivity contribution in [2.75, 3.05) is 0 Å². The Hall–Kier alpha value is -2.63. The van der Waals surface area contributed by atoms with Gasteiger partial charge in [0, 0.05) is 16.0 Å². The molecule has 4 aromatic rings. The first-order valence-electron chi connectivity index (χ1n) is 9.09. The van der Waals surface area contributed by atoms with Crippen LogP contribution in [0.3, 0.4) is 0 Å². The van der Waals surface area contributed by atoms with Gasteiger partial charge >= 0.3 is 0 Å². The second kappa shape index (κ2) is 8.59. The summed E-state index contributed by atoms with van der Waals surface area (Å²) in [5.74, 6) is 0.704. The van der Waals surface area contributed by atoms with E-state index in [2.05, 4.69) is 40.6 Å². The molecular formula is C23H20N2OS2. The van der Waals surface area contributed by atoms with Crippen molar-refractivity contribution in [1.82, 2.24) is 10.3 Å². The van der Waals surface area contributed by atoms with Crippen LogP contribution in [0.5, 0.6) is 0 Å². The number of aromatic nitrogens is 1. The van der Waals surface area contributed by atoms with Gasteiger partial charge in [-0.1, -0.05) is 48.5 Å². The SMILES string of the molecule is CC(NC(=O)c1ccccc1SCc1cscn1)c1ccc2ccccc2c1. The minimum Gasteiger partial charge on any atom is -0.345 e. The lowest BCUT2D eigenvalue weighted by molar-refractivity contribution is 0.0937. The molecule has 0 saturated carbocycles. The minimum absolute atomic E-state index is 0.0537. The number of fused-ring (bicyclic) bond motifs is 1. The number of hydrogen-bond acceptors (Lipinski definition) is 4. The molecule has 0 saturated heterocycles. The van der Waals surface area contributed by atoms with Crippen LogP contribution in [0.25, 0.3) is 10.8 Å². The van der Waals surface area contributed by atoms with Crippen LogP contribution in [0, 0.1) is 0 Å². The number of hydrogen-bond donors (Lipinski definition) is 1. The Labute approximate surface area is 172 Å². The van der Waals surface area contributed by atoms with Gasteiger partial charge in [0.1, 0.15) is 0 Å². The molecule has 1 heterocycles. The maximum Gasteiger partial charge on any atom is 0.252 e. The summed E-state index contributed by atoms with van der Waals surface area (Å²) in [6.45, 7) is 2.02. The summed E-state index contributed by atoms with van der Waals surface area (Å²) in [5, 5.41) is 7.57. The van der Waals surface area contributed by atoms with Crippen molar-refractivity contribution < 1.29 is 4.79 Å². The first-order chi connectivity index (χ1) is 13.7. The third kappa shape index (κ3) is 4.26. The summed E-state index contributed by atoms with van der Waals surface area (Å²) in [6, 6.07) is 22.3. The van der Waals surface area contributed by atoms with Crippen LogP contribution in [0.4, 0.5) is 0 Å². The average Bonchev–Trinajstić information content (AvgIpc) is 3.25. The van der Waals surface area contributed by atoms with Gasteiger partial charge in [-0.3, -0.25) is 4.79 Å². The van der Waals surface area contributed by atoms with Gasteiger partial charge in [0.2, 0.25) is 0 Å². The van der Waals surface area contributed by atoms with Crippen LogP contribution in [0.1, 0.15) is 34.6 Å². The Kier molecular flexibility index (Phi) is 5.74. The van der Waals surface area contributed by atoms with Crippen LogP contribution < -0.4 is 5.32 Å². The van der Waals surface area contributed by atoms with Crippen LogP contribution in [0.2, 0.25) is 0 Å². The highest BCUT2D eigenvalue weighted by atomic mass is 32.2.